The highest BCUT2D eigenvalue weighted by atomic mass is 16.5. The highest BCUT2D eigenvalue weighted by molar-refractivity contribution is 4.88. The highest BCUT2D eigenvalue weighted by Crippen LogP contribution is 2.21. The molecular formula is C12H26N2O2. The molecule has 0 bridgehead atoms. The predicted molar refractivity (Wildman–Crippen MR) is 65.6 cm³/mol. The third kappa shape index (κ3) is 3.42. The van der Waals surface area contributed by atoms with Crippen molar-refractivity contribution in [2.75, 3.05) is 33.9 Å². The minimum atomic E-state index is -0.176. The van der Waals surface area contributed by atoms with Crippen molar-refractivity contribution in [2.45, 2.75) is 44.4 Å². The zero-order chi connectivity index (χ0) is 12.2. The number of likely N-dealkylation sites (tertiary alicyclic amines) is 1. The lowest BCUT2D eigenvalue weighted by atomic mass is 9.94. The summed E-state index contributed by atoms with van der Waals surface area (Å²) in [6.45, 7) is 6.58. The lowest BCUT2D eigenvalue weighted by Crippen LogP contribution is -2.48. The largest absolute Gasteiger partial charge is 0.394 e. The van der Waals surface area contributed by atoms with Crippen LogP contribution in [0.2, 0.25) is 0 Å². The SMILES string of the molecule is CNC(C)(CO)CC(C)N1CCC(OC)C1. The van der Waals surface area contributed by atoms with E-state index in [2.05, 4.69) is 24.1 Å². The van der Waals surface area contributed by atoms with Crippen LogP contribution in [0.5, 0.6) is 0 Å². The van der Waals surface area contributed by atoms with Crippen LogP contribution in [0.1, 0.15) is 26.7 Å². The summed E-state index contributed by atoms with van der Waals surface area (Å²) in [6.07, 6.45) is 2.46. The van der Waals surface area contributed by atoms with Crippen LogP contribution in [-0.2, 0) is 4.74 Å². The van der Waals surface area contributed by atoms with Crippen LogP contribution in [0, 0.1) is 0 Å². The van der Waals surface area contributed by atoms with Crippen LogP contribution in [0.4, 0.5) is 0 Å². The van der Waals surface area contributed by atoms with Gasteiger partial charge in [0, 0.05) is 31.8 Å². The van der Waals surface area contributed by atoms with Crippen LogP contribution >= 0.6 is 0 Å². The summed E-state index contributed by atoms with van der Waals surface area (Å²) in [4.78, 5) is 2.44. The second-order valence-electron chi connectivity index (χ2n) is 5.16. The zero-order valence-corrected chi connectivity index (χ0v) is 11.0. The second-order valence-corrected chi connectivity index (χ2v) is 5.16. The van der Waals surface area contributed by atoms with E-state index in [1.54, 1.807) is 7.11 Å². The zero-order valence-electron chi connectivity index (χ0n) is 11.0. The van der Waals surface area contributed by atoms with Crippen molar-refractivity contribution in [3.63, 3.8) is 0 Å². The van der Waals surface area contributed by atoms with Gasteiger partial charge in [0.25, 0.3) is 0 Å². The minimum absolute atomic E-state index is 0.176. The van der Waals surface area contributed by atoms with Crippen molar-refractivity contribution in [3.05, 3.63) is 0 Å². The van der Waals surface area contributed by atoms with E-state index in [1.165, 1.54) is 0 Å². The van der Waals surface area contributed by atoms with Crippen molar-refractivity contribution in [1.82, 2.24) is 10.2 Å². The number of nitrogens with one attached hydrogen (secondary N) is 1. The Morgan fingerprint density at radius 1 is 1.62 bits per heavy atom. The first-order valence-electron chi connectivity index (χ1n) is 6.11. The molecule has 0 radical (unpaired) electrons. The molecule has 0 aromatic carbocycles. The third-order valence-corrected chi connectivity index (χ3v) is 3.83. The molecule has 0 aromatic heterocycles. The number of aliphatic hydroxyl groups excluding tert-OH is 1. The van der Waals surface area contributed by atoms with Crippen LogP contribution < -0.4 is 5.32 Å². The lowest BCUT2D eigenvalue weighted by molar-refractivity contribution is 0.0913. The molecule has 1 aliphatic heterocycles. The van der Waals surface area contributed by atoms with Crippen LogP contribution in [0.25, 0.3) is 0 Å². The summed E-state index contributed by atoms with van der Waals surface area (Å²) in [7, 11) is 3.69. The Hall–Kier alpha value is -0.160. The highest BCUT2D eigenvalue weighted by Gasteiger charge is 2.30. The van der Waals surface area contributed by atoms with Gasteiger partial charge in [0.2, 0.25) is 0 Å². The van der Waals surface area contributed by atoms with Gasteiger partial charge in [-0.25, -0.2) is 0 Å². The van der Waals surface area contributed by atoms with E-state index in [1.807, 2.05) is 7.05 Å². The average molecular weight is 230 g/mol. The first-order chi connectivity index (χ1) is 7.54. The van der Waals surface area contributed by atoms with Crippen molar-refractivity contribution in [1.29, 1.82) is 0 Å². The summed E-state index contributed by atoms with van der Waals surface area (Å²) in [6, 6.07) is 0.477. The molecular weight excluding hydrogens is 204 g/mol. The molecule has 1 fully saturated rings. The van der Waals surface area contributed by atoms with Gasteiger partial charge in [-0.3, -0.25) is 4.90 Å². The summed E-state index contributed by atoms with van der Waals surface area (Å²) in [5, 5.41) is 12.6. The fraction of sp³-hybridized carbons (Fsp3) is 1.00. The van der Waals surface area contributed by atoms with E-state index in [9.17, 15) is 5.11 Å². The number of hydrogen-bond donors (Lipinski definition) is 2. The monoisotopic (exact) mass is 230 g/mol. The molecule has 4 nitrogen and oxygen atoms in total. The molecule has 0 aliphatic carbocycles. The summed E-state index contributed by atoms with van der Waals surface area (Å²) >= 11 is 0. The molecule has 1 heterocycles. The van der Waals surface area contributed by atoms with Gasteiger partial charge in [-0.05, 0) is 33.7 Å². The molecule has 96 valence electrons. The quantitative estimate of drug-likeness (QED) is 0.696. The summed E-state index contributed by atoms with van der Waals surface area (Å²) in [5.41, 5.74) is -0.176. The van der Waals surface area contributed by atoms with E-state index in [4.69, 9.17) is 4.74 Å². The summed E-state index contributed by atoms with van der Waals surface area (Å²) < 4.78 is 5.37. The van der Waals surface area contributed by atoms with Crippen LogP contribution in [0.3, 0.4) is 0 Å². The normalized spacial score (nSPS) is 27.9. The molecule has 2 N–H and O–H groups in total. The molecule has 3 atom stereocenters. The fourth-order valence-electron chi connectivity index (χ4n) is 2.37. The summed E-state index contributed by atoms with van der Waals surface area (Å²) in [5.74, 6) is 0. The molecule has 4 heteroatoms. The number of methoxy groups -OCH3 is 1. The Morgan fingerprint density at radius 2 is 2.31 bits per heavy atom. The number of aliphatic hydroxyl groups is 1. The molecule has 16 heavy (non-hydrogen) atoms. The van der Waals surface area contributed by atoms with Gasteiger partial charge in [0.05, 0.1) is 12.7 Å². The molecule has 1 aliphatic rings. The van der Waals surface area contributed by atoms with Gasteiger partial charge < -0.3 is 15.2 Å². The Kier molecular flexibility index (Phi) is 5.18. The van der Waals surface area contributed by atoms with Crippen LogP contribution in [-0.4, -0.2) is 61.5 Å². The van der Waals surface area contributed by atoms with Gasteiger partial charge in [-0.2, -0.15) is 0 Å². The van der Waals surface area contributed by atoms with Gasteiger partial charge in [0.1, 0.15) is 0 Å². The molecule has 0 aromatic rings. The maximum Gasteiger partial charge on any atom is 0.0710 e. The van der Waals surface area contributed by atoms with Gasteiger partial charge in [-0.1, -0.05) is 0 Å². The topological polar surface area (TPSA) is 44.7 Å². The maximum atomic E-state index is 9.37. The maximum absolute atomic E-state index is 9.37. The van der Waals surface area contributed by atoms with E-state index in [0.717, 1.165) is 25.9 Å². The standard InChI is InChI=1S/C12H26N2O2/c1-10(7-12(2,9-15)13-3)14-6-5-11(8-14)16-4/h10-11,13,15H,5-9H2,1-4H3. The molecule has 0 amide bonds. The number of ether oxygens (including phenoxy) is 1. The molecule has 1 saturated heterocycles. The number of likely N-dealkylation sites (N-methyl/N-ethyl adjacent to an activating group) is 1. The van der Waals surface area contributed by atoms with Crippen LogP contribution in [0.15, 0.2) is 0 Å². The first-order valence-corrected chi connectivity index (χ1v) is 6.11. The molecule has 0 spiro atoms. The Labute approximate surface area is 99.0 Å². The molecule has 0 saturated carbocycles. The molecule has 1 rings (SSSR count). The number of nitrogens with zero attached hydrogens (tertiary/aromatic N) is 1. The first kappa shape index (κ1) is 13.9. The Morgan fingerprint density at radius 3 is 2.75 bits per heavy atom. The van der Waals surface area contributed by atoms with Crippen molar-refractivity contribution < 1.29 is 9.84 Å². The van der Waals surface area contributed by atoms with E-state index >= 15 is 0 Å². The van der Waals surface area contributed by atoms with Gasteiger partial charge >= 0.3 is 0 Å². The lowest BCUT2D eigenvalue weighted by Gasteiger charge is -2.34. The van der Waals surface area contributed by atoms with E-state index in [-0.39, 0.29) is 12.1 Å². The minimum Gasteiger partial charge on any atom is -0.394 e. The van der Waals surface area contributed by atoms with Crippen molar-refractivity contribution in [3.8, 4) is 0 Å². The third-order valence-electron chi connectivity index (χ3n) is 3.83. The Balaban J connectivity index is 2.43. The van der Waals surface area contributed by atoms with E-state index in [0.29, 0.717) is 12.1 Å². The smallest absolute Gasteiger partial charge is 0.0710 e. The van der Waals surface area contributed by atoms with Crippen molar-refractivity contribution in [2.24, 2.45) is 0 Å². The Bertz CT molecular complexity index is 207. The molecule has 3 unspecified atom stereocenters. The van der Waals surface area contributed by atoms with Crippen molar-refractivity contribution >= 4 is 0 Å². The predicted octanol–water partition coefficient (Wildman–Crippen LogP) is 0.456. The fourth-order valence-corrected chi connectivity index (χ4v) is 2.37. The number of hydrogen-bond acceptors (Lipinski definition) is 4. The second kappa shape index (κ2) is 5.96. The van der Waals surface area contributed by atoms with Gasteiger partial charge in [-0.15, -0.1) is 0 Å². The number of rotatable bonds is 6. The van der Waals surface area contributed by atoms with E-state index < -0.39 is 0 Å². The van der Waals surface area contributed by atoms with Gasteiger partial charge in [0.15, 0.2) is 0 Å². The average Bonchev–Trinajstić information content (AvgIpc) is 2.77.